The number of alkyl halides is 2. The maximum Gasteiger partial charge on any atom is 0.387 e. The van der Waals surface area contributed by atoms with Gasteiger partial charge in [0.05, 0.1) is 7.11 Å². The maximum atomic E-state index is 12.3. The fourth-order valence-electron chi connectivity index (χ4n) is 2.18. The number of rotatable bonds is 8. The number of carbonyl (C=O) groups excluding carboxylic acids is 2. The number of esters is 1. The summed E-state index contributed by atoms with van der Waals surface area (Å²) in [5, 5.41) is 2.63. The molecule has 6 nitrogen and oxygen atoms in total. The normalized spacial score (nSPS) is 11.9. The van der Waals surface area contributed by atoms with E-state index < -0.39 is 24.6 Å². The lowest BCUT2D eigenvalue weighted by Gasteiger charge is -2.12. The van der Waals surface area contributed by atoms with Gasteiger partial charge in [-0.2, -0.15) is 8.78 Å². The van der Waals surface area contributed by atoms with Crippen LogP contribution in [0.4, 0.5) is 14.5 Å². The molecule has 0 saturated heterocycles. The van der Waals surface area contributed by atoms with Gasteiger partial charge in [0.1, 0.15) is 0 Å². The first-order valence-electron chi connectivity index (χ1n) is 8.26. The van der Waals surface area contributed by atoms with Crippen molar-refractivity contribution in [2.24, 2.45) is 0 Å². The van der Waals surface area contributed by atoms with Crippen molar-refractivity contribution in [2.75, 3.05) is 12.4 Å². The zero-order valence-corrected chi connectivity index (χ0v) is 15.2. The highest BCUT2D eigenvalue weighted by Gasteiger charge is 2.16. The fraction of sp³-hybridized carbons (Fsp3) is 0.200. The fourth-order valence-corrected chi connectivity index (χ4v) is 2.18. The Morgan fingerprint density at radius 2 is 1.79 bits per heavy atom. The molecule has 0 unspecified atom stereocenters. The molecule has 8 heteroatoms. The molecular weight excluding hydrogens is 372 g/mol. The van der Waals surface area contributed by atoms with Crippen molar-refractivity contribution in [3.63, 3.8) is 0 Å². The van der Waals surface area contributed by atoms with Gasteiger partial charge in [0.2, 0.25) is 0 Å². The van der Waals surface area contributed by atoms with Crippen molar-refractivity contribution < 1.29 is 32.6 Å². The van der Waals surface area contributed by atoms with Crippen LogP contribution in [-0.2, 0) is 14.3 Å². The molecule has 0 aliphatic heterocycles. The zero-order valence-electron chi connectivity index (χ0n) is 15.2. The molecule has 1 atom stereocenters. The number of methoxy groups -OCH3 is 1. The Bertz CT molecular complexity index is 840. The lowest BCUT2D eigenvalue weighted by atomic mass is 10.2. The molecule has 2 aromatic carbocycles. The van der Waals surface area contributed by atoms with E-state index >= 15 is 0 Å². The number of anilines is 1. The monoisotopic (exact) mass is 391 g/mol. The van der Waals surface area contributed by atoms with Gasteiger partial charge < -0.3 is 19.5 Å². The van der Waals surface area contributed by atoms with Gasteiger partial charge in [0.15, 0.2) is 17.6 Å². The van der Waals surface area contributed by atoms with Crippen LogP contribution in [0.3, 0.4) is 0 Å². The van der Waals surface area contributed by atoms with Crippen LogP contribution in [0.5, 0.6) is 11.5 Å². The Hall–Kier alpha value is -3.42. The summed E-state index contributed by atoms with van der Waals surface area (Å²) in [5.74, 6) is -1.24. The van der Waals surface area contributed by atoms with Crippen LogP contribution in [0.1, 0.15) is 12.5 Å². The average molecular weight is 391 g/mol. The predicted octanol–water partition coefficient (Wildman–Crippen LogP) is 3.88. The van der Waals surface area contributed by atoms with Crippen molar-refractivity contribution in [2.45, 2.75) is 19.6 Å². The van der Waals surface area contributed by atoms with Crippen molar-refractivity contribution in [1.82, 2.24) is 0 Å². The number of benzene rings is 2. The predicted molar refractivity (Wildman–Crippen MR) is 99.3 cm³/mol. The van der Waals surface area contributed by atoms with E-state index in [2.05, 4.69) is 10.1 Å². The first-order valence-corrected chi connectivity index (χ1v) is 8.26. The van der Waals surface area contributed by atoms with Gasteiger partial charge >= 0.3 is 12.6 Å². The number of amides is 1. The van der Waals surface area contributed by atoms with E-state index in [1.807, 2.05) is 6.07 Å². The number of para-hydroxylation sites is 1. The van der Waals surface area contributed by atoms with Crippen molar-refractivity contribution in [3.8, 4) is 11.5 Å². The quantitative estimate of drug-likeness (QED) is 0.546. The molecule has 0 aromatic heterocycles. The molecule has 28 heavy (non-hydrogen) atoms. The van der Waals surface area contributed by atoms with E-state index in [-0.39, 0.29) is 11.5 Å². The summed E-state index contributed by atoms with van der Waals surface area (Å²) < 4.78 is 39.0. The van der Waals surface area contributed by atoms with Crippen LogP contribution in [-0.4, -0.2) is 31.7 Å². The minimum absolute atomic E-state index is 0.0893. The van der Waals surface area contributed by atoms with Gasteiger partial charge in [-0.05, 0) is 42.8 Å². The van der Waals surface area contributed by atoms with Crippen LogP contribution in [0, 0.1) is 0 Å². The summed E-state index contributed by atoms with van der Waals surface area (Å²) in [5.41, 5.74) is 1.08. The Kier molecular flexibility index (Phi) is 7.50. The summed E-state index contributed by atoms with van der Waals surface area (Å²) in [6.07, 6.45) is 1.52. The minimum atomic E-state index is -2.98. The van der Waals surface area contributed by atoms with E-state index in [0.29, 0.717) is 11.3 Å². The molecule has 0 aliphatic carbocycles. The van der Waals surface area contributed by atoms with Crippen LogP contribution in [0.2, 0.25) is 0 Å². The first-order chi connectivity index (χ1) is 13.4. The molecule has 0 radical (unpaired) electrons. The largest absolute Gasteiger partial charge is 0.493 e. The smallest absolute Gasteiger partial charge is 0.387 e. The third kappa shape index (κ3) is 6.39. The van der Waals surface area contributed by atoms with Crippen LogP contribution < -0.4 is 14.8 Å². The van der Waals surface area contributed by atoms with Gasteiger partial charge in [0.25, 0.3) is 5.91 Å². The lowest BCUT2D eigenvalue weighted by Crippen LogP contribution is -2.29. The molecule has 0 aliphatic rings. The molecule has 1 N–H and O–H groups in total. The van der Waals surface area contributed by atoms with Gasteiger partial charge in [-0.1, -0.05) is 24.3 Å². The summed E-state index contributed by atoms with van der Waals surface area (Å²) >= 11 is 0. The van der Waals surface area contributed by atoms with Gasteiger partial charge in [-0.3, -0.25) is 4.79 Å². The highest BCUT2D eigenvalue weighted by atomic mass is 19.3. The average Bonchev–Trinajstić information content (AvgIpc) is 2.67. The molecule has 1 amide bonds. The number of carbonyl (C=O) groups is 2. The number of nitrogens with one attached hydrogen (secondary N) is 1. The van der Waals surface area contributed by atoms with E-state index in [9.17, 15) is 18.4 Å². The van der Waals surface area contributed by atoms with E-state index in [1.54, 1.807) is 24.3 Å². The highest BCUT2D eigenvalue weighted by molar-refractivity contribution is 5.96. The standard InChI is InChI=1S/C20H19F2NO5/c1-13(19(25)23-15-6-4-3-5-7-15)27-18(24)11-9-14-8-10-16(28-20(21)22)17(12-14)26-2/h3-13,20H,1-2H3,(H,23,25)/b11-9+/t13-/m0/s1. The second-order valence-electron chi connectivity index (χ2n) is 5.56. The number of hydrogen-bond acceptors (Lipinski definition) is 5. The Balaban J connectivity index is 1.94. The number of halogens is 2. The van der Waals surface area contributed by atoms with E-state index in [0.717, 1.165) is 6.08 Å². The van der Waals surface area contributed by atoms with E-state index in [1.165, 1.54) is 38.3 Å². The molecule has 0 fully saturated rings. The Morgan fingerprint density at radius 1 is 1.07 bits per heavy atom. The number of ether oxygens (including phenoxy) is 3. The second-order valence-corrected chi connectivity index (χ2v) is 5.56. The van der Waals surface area contributed by atoms with Gasteiger partial charge in [-0.25, -0.2) is 4.79 Å². The summed E-state index contributed by atoms with van der Waals surface area (Å²) in [4.78, 5) is 23.9. The minimum Gasteiger partial charge on any atom is -0.493 e. The summed E-state index contributed by atoms with van der Waals surface area (Å²) in [6, 6.07) is 12.9. The van der Waals surface area contributed by atoms with Crippen molar-refractivity contribution in [3.05, 3.63) is 60.2 Å². The third-order valence-electron chi connectivity index (χ3n) is 3.52. The Labute approximate surface area is 160 Å². The van der Waals surface area contributed by atoms with Gasteiger partial charge in [0, 0.05) is 11.8 Å². The molecular formula is C20H19F2NO5. The number of hydrogen-bond donors (Lipinski definition) is 1. The van der Waals surface area contributed by atoms with Crippen LogP contribution in [0.25, 0.3) is 6.08 Å². The summed E-state index contributed by atoms with van der Waals surface area (Å²) in [6.45, 7) is -1.53. The van der Waals surface area contributed by atoms with E-state index in [4.69, 9.17) is 9.47 Å². The summed E-state index contributed by atoms with van der Waals surface area (Å²) in [7, 11) is 1.31. The first kappa shape index (κ1) is 20.9. The van der Waals surface area contributed by atoms with Crippen LogP contribution in [0.15, 0.2) is 54.6 Å². The Morgan fingerprint density at radius 3 is 2.43 bits per heavy atom. The highest BCUT2D eigenvalue weighted by Crippen LogP contribution is 2.29. The lowest BCUT2D eigenvalue weighted by molar-refractivity contribution is -0.148. The third-order valence-corrected chi connectivity index (χ3v) is 3.52. The molecule has 0 saturated carbocycles. The van der Waals surface area contributed by atoms with Crippen molar-refractivity contribution >= 4 is 23.6 Å². The van der Waals surface area contributed by atoms with Gasteiger partial charge in [-0.15, -0.1) is 0 Å². The molecule has 2 aromatic rings. The molecule has 0 spiro atoms. The topological polar surface area (TPSA) is 73.9 Å². The molecule has 148 valence electrons. The molecule has 2 rings (SSSR count). The van der Waals surface area contributed by atoms with Crippen LogP contribution >= 0.6 is 0 Å². The molecule has 0 bridgehead atoms. The second kappa shape index (κ2) is 10.1. The zero-order chi connectivity index (χ0) is 20.5. The van der Waals surface area contributed by atoms with Crippen molar-refractivity contribution in [1.29, 1.82) is 0 Å². The maximum absolute atomic E-state index is 12.3. The molecule has 0 heterocycles. The SMILES string of the molecule is COc1cc(/C=C/C(=O)O[C@@H](C)C(=O)Nc2ccccc2)ccc1OC(F)F.